The summed E-state index contributed by atoms with van der Waals surface area (Å²) >= 11 is 5.44. The van der Waals surface area contributed by atoms with Crippen LogP contribution in [0.2, 0.25) is 0 Å². The van der Waals surface area contributed by atoms with E-state index in [1.165, 1.54) is 5.56 Å². The molecule has 0 saturated carbocycles. The molecule has 0 saturated heterocycles. The van der Waals surface area contributed by atoms with Gasteiger partial charge in [-0.25, -0.2) is 4.68 Å². The summed E-state index contributed by atoms with van der Waals surface area (Å²) in [6.07, 6.45) is 0. The molecule has 0 bridgehead atoms. The van der Waals surface area contributed by atoms with E-state index in [2.05, 4.69) is 55.7 Å². The molecule has 0 aliphatic rings. The van der Waals surface area contributed by atoms with E-state index in [4.69, 9.17) is 17.0 Å². The third kappa shape index (κ3) is 4.64. The van der Waals surface area contributed by atoms with Gasteiger partial charge in [0, 0.05) is 18.4 Å². The first-order valence-electron chi connectivity index (χ1n) is 10.7. The molecule has 170 valence electrons. The van der Waals surface area contributed by atoms with E-state index >= 15 is 0 Å². The lowest BCUT2D eigenvalue weighted by molar-refractivity contribution is 0.415. The zero-order valence-corrected chi connectivity index (χ0v) is 20.3. The van der Waals surface area contributed by atoms with Gasteiger partial charge in [-0.05, 0) is 77.8 Å². The Morgan fingerprint density at radius 2 is 1.52 bits per heavy atom. The van der Waals surface area contributed by atoms with Gasteiger partial charge in [0.05, 0.1) is 23.7 Å². The predicted octanol–water partition coefficient (Wildman–Crippen LogP) is 5.44. The normalized spacial score (nSPS) is 11.4. The number of methoxy groups -OCH3 is 1. The molecule has 6 nitrogen and oxygen atoms in total. The van der Waals surface area contributed by atoms with Crippen LogP contribution in [-0.4, -0.2) is 21.6 Å². The average molecular weight is 461 g/mol. The number of aromatic nitrogens is 2. The summed E-state index contributed by atoms with van der Waals surface area (Å²) in [7, 11) is 3.41. The van der Waals surface area contributed by atoms with Gasteiger partial charge in [0.15, 0.2) is 5.11 Å². The van der Waals surface area contributed by atoms with Gasteiger partial charge in [-0.15, -0.1) is 0 Å². The number of nitrogens with one attached hydrogen (secondary N) is 2. The SMILES string of the molecule is COc1ccc(NC(=S)Nc2ccc3c(c2)c(=O)n(C)n3-c2ccc(C(C)(C)C)cc2)cc1. The number of benzene rings is 3. The summed E-state index contributed by atoms with van der Waals surface area (Å²) in [6, 6.07) is 21.5. The van der Waals surface area contributed by atoms with E-state index in [0.717, 1.165) is 28.3 Å². The zero-order valence-electron chi connectivity index (χ0n) is 19.5. The van der Waals surface area contributed by atoms with Gasteiger partial charge in [-0.3, -0.25) is 9.48 Å². The molecule has 0 aliphatic heterocycles. The maximum Gasteiger partial charge on any atom is 0.274 e. The number of nitrogens with zero attached hydrogens (tertiary/aromatic N) is 2. The lowest BCUT2D eigenvalue weighted by atomic mass is 9.87. The third-order valence-corrected chi connectivity index (χ3v) is 5.84. The molecule has 4 rings (SSSR count). The average Bonchev–Trinajstić information content (AvgIpc) is 3.03. The summed E-state index contributed by atoms with van der Waals surface area (Å²) in [6.45, 7) is 6.56. The van der Waals surface area contributed by atoms with Gasteiger partial charge < -0.3 is 15.4 Å². The number of hydrogen-bond acceptors (Lipinski definition) is 3. The molecule has 0 radical (unpaired) electrons. The van der Waals surface area contributed by atoms with Crippen molar-refractivity contribution in [2.24, 2.45) is 7.05 Å². The first-order chi connectivity index (χ1) is 15.7. The smallest absolute Gasteiger partial charge is 0.274 e. The van der Waals surface area contributed by atoms with Crippen LogP contribution in [0.25, 0.3) is 16.6 Å². The molecular weight excluding hydrogens is 432 g/mol. The van der Waals surface area contributed by atoms with Gasteiger partial charge in [-0.2, -0.15) is 0 Å². The molecule has 3 aromatic carbocycles. The topological polar surface area (TPSA) is 60.2 Å². The number of rotatable bonds is 4. The van der Waals surface area contributed by atoms with Crippen molar-refractivity contribution in [3.8, 4) is 11.4 Å². The van der Waals surface area contributed by atoms with Crippen molar-refractivity contribution in [1.82, 2.24) is 9.36 Å². The van der Waals surface area contributed by atoms with Crippen molar-refractivity contribution in [3.05, 3.63) is 82.6 Å². The first kappa shape index (κ1) is 22.6. The lowest BCUT2D eigenvalue weighted by Crippen LogP contribution is -2.19. The highest BCUT2D eigenvalue weighted by atomic mass is 32.1. The summed E-state index contributed by atoms with van der Waals surface area (Å²) in [4.78, 5) is 13.0. The van der Waals surface area contributed by atoms with Crippen LogP contribution < -0.4 is 20.9 Å². The fraction of sp³-hybridized carbons (Fsp3) is 0.231. The predicted molar refractivity (Wildman–Crippen MR) is 140 cm³/mol. The first-order valence-corrected chi connectivity index (χ1v) is 11.1. The molecule has 4 aromatic rings. The Hall–Kier alpha value is -3.58. The molecule has 1 heterocycles. The van der Waals surface area contributed by atoms with Crippen LogP contribution in [0, 0.1) is 0 Å². The summed E-state index contributed by atoms with van der Waals surface area (Å²) in [5.41, 5.74) is 4.61. The van der Waals surface area contributed by atoms with Gasteiger partial charge in [0.2, 0.25) is 0 Å². The molecule has 2 N–H and O–H groups in total. The van der Waals surface area contributed by atoms with Crippen molar-refractivity contribution >= 4 is 39.6 Å². The number of anilines is 2. The second-order valence-electron chi connectivity index (χ2n) is 8.98. The monoisotopic (exact) mass is 460 g/mol. The van der Waals surface area contributed by atoms with Crippen LogP contribution in [0.5, 0.6) is 5.75 Å². The van der Waals surface area contributed by atoms with Crippen molar-refractivity contribution in [2.45, 2.75) is 26.2 Å². The Kier molecular flexibility index (Phi) is 5.99. The third-order valence-electron chi connectivity index (χ3n) is 5.63. The van der Waals surface area contributed by atoms with Crippen molar-refractivity contribution < 1.29 is 4.74 Å². The van der Waals surface area contributed by atoms with E-state index in [1.54, 1.807) is 18.8 Å². The van der Waals surface area contributed by atoms with Crippen molar-refractivity contribution in [3.63, 3.8) is 0 Å². The second-order valence-corrected chi connectivity index (χ2v) is 9.39. The fourth-order valence-electron chi connectivity index (χ4n) is 3.78. The Balaban J connectivity index is 1.60. The highest BCUT2D eigenvalue weighted by Crippen LogP contribution is 2.25. The Morgan fingerprint density at radius 1 is 0.909 bits per heavy atom. The molecule has 0 spiro atoms. The summed E-state index contributed by atoms with van der Waals surface area (Å²) < 4.78 is 8.74. The molecule has 0 fully saturated rings. The van der Waals surface area contributed by atoms with E-state index in [1.807, 2.05) is 47.1 Å². The minimum atomic E-state index is -0.0671. The van der Waals surface area contributed by atoms with Gasteiger partial charge in [-0.1, -0.05) is 32.9 Å². The standard InChI is InChI=1S/C26H28N4O2S/c1-26(2,3)17-6-11-20(12-7-17)30-23-15-10-19(16-22(23)24(31)29(30)4)28-25(33)27-18-8-13-21(32-5)14-9-18/h6-16H,1-5H3,(H2,27,28,33). The molecule has 0 atom stereocenters. The summed E-state index contributed by atoms with van der Waals surface area (Å²) in [5, 5.41) is 7.36. The number of ether oxygens (including phenoxy) is 1. The highest BCUT2D eigenvalue weighted by Gasteiger charge is 2.16. The van der Waals surface area contributed by atoms with Crippen LogP contribution in [0.3, 0.4) is 0 Å². The minimum Gasteiger partial charge on any atom is -0.497 e. The minimum absolute atomic E-state index is 0.0671. The number of thiocarbonyl (C=S) groups is 1. The molecule has 0 aliphatic carbocycles. The van der Waals surface area contributed by atoms with Crippen molar-refractivity contribution in [1.29, 1.82) is 0 Å². The highest BCUT2D eigenvalue weighted by molar-refractivity contribution is 7.80. The fourth-order valence-corrected chi connectivity index (χ4v) is 4.01. The largest absolute Gasteiger partial charge is 0.497 e. The number of fused-ring (bicyclic) bond motifs is 1. The molecule has 1 aromatic heterocycles. The maximum absolute atomic E-state index is 13.0. The van der Waals surface area contributed by atoms with Crippen LogP contribution >= 0.6 is 12.2 Å². The molecule has 0 unspecified atom stereocenters. The lowest BCUT2D eigenvalue weighted by Gasteiger charge is -2.19. The van der Waals surface area contributed by atoms with Crippen LogP contribution in [0.15, 0.2) is 71.5 Å². The van der Waals surface area contributed by atoms with E-state index in [9.17, 15) is 4.79 Å². The van der Waals surface area contributed by atoms with Crippen LogP contribution in [0.4, 0.5) is 11.4 Å². The maximum atomic E-state index is 13.0. The number of hydrogen-bond donors (Lipinski definition) is 2. The van der Waals surface area contributed by atoms with Gasteiger partial charge in [0.1, 0.15) is 5.75 Å². The molecule has 7 heteroatoms. The summed E-state index contributed by atoms with van der Waals surface area (Å²) in [5.74, 6) is 0.776. The van der Waals surface area contributed by atoms with E-state index in [0.29, 0.717) is 10.5 Å². The van der Waals surface area contributed by atoms with E-state index < -0.39 is 0 Å². The molecular formula is C26H28N4O2S. The zero-order chi connectivity index (χ0) is 23.8. The Bertz CT molecular complexity index is 1360. The Morgan fingerprint density at radius 3 is 2.12 bits per heavy atom. The van der Waals surface area contributed by atoms with Gasteiger partial charge in [0.25, 0.3) is 5.56 Å². The molecule has 0 amide bonds. The second kappa shape index (κ2) is 8.75. The molecule has 33 heavy (non-hydrogen) atoms. The van der Waals surface area contributed by atoms with Crippen LogP contribution in [-0.2, 0) is 12.5 Å². The van der Waals surface area contributed by atoms with Crippen molar-refractivity contribution in [2.75, 3.05) is 17.7 Å². The Labute approximate surface area is 198 Å². The quantitative estimate of drug-likeness (QED) is 0.397. The van der Waals surface area contributed by atoms with Crippen LogP contribution in [0.1, 0.15) is 26.3 Å². The van der Waals surface area contributed by atoms with E-state index in [-0.39, 0.29) is 11.0 Å². The van der Waals surface area contributed by atoms with Gasteiger partial charge >= 0.3 is 0 Å².